The van der Waals surface area contributed by atoms with Crippen molar-refractivity contribution in [3.8, 4) is 0 Å². The Morgan fingerprint density at radius 3 is 1.25 bits per heavy atom. The predicted molar refractivity (Wildman–Crippen MR) is 12.9 cm³/mol. The van der Waals surface area contributed by atoms with Gasteiger partial charge < -0.3 is 5.48 Å². The Hall–Kier alpha value is 1.90. The molecule has 0 fully saturated rings. The zero-order valence-electron chi connectivity index (χ0n) is 1.97. The van der Waals surface area contributed by atoms with Gasteiger partial charge in [0.2, 0.25) is 0 Å². The van der Waals surface area contributed by atoms with Crippen molar-refractivity contribution >= 4 is 62.5 Å². The predicted octanol–water partition coefficient (Wildman–Crippen LogP) is -0.999. The Labute approximate surface area is 69.6 Å². The molecule has 2 radical (unpaired) electrons. The van der Waals surface area contributed by atoms with Gasteiger partial charge in [-0.15, -0.1) is 0 Å². The van der Waals surface area contributed by atoms with Crippen LogP contribution in [0.5, 0.6) is 0 Å². The molecule has 0 heterocycles. The molecule has 4 heavy (non-hydrogen) atoms. The molecule has 0 aromatic carbocycles. The summed E-state index contributed by atoms with van der Waals surface area (Å²) in [7, 11) is 0. The molecule has 0 aliphatic rings. The zero-order chi connectivity index (χ0) is 2.00. The maximum atomic E-state index is 8.36. The van der Waals surface area contributed by atoms with Crippen molar-refractivity contribution in [2.24, 2.45) is 0 Å². The fourth-order valence-corrected chi connectivity index (χ4v) is 0. The minimum absolute atomic E-state index is 0. The van der Waals surface area contributed by atoms with Crippen LogP contribution in [0.4, 0.5) is 0 Å². The molecule has 0 saturated carbocycles. The van der Waals surface area contributed by atoms with Gasteiger partial charge in [0.1, 0.15) is 0 Å². The average molecular weight is 281 g/mol. The Morgan fingerprint density at radius 2 is 1.25 bits per heavy atom. The van der Waals surface area contributed by atoms with Crippen molar-refractivity contribution in [2.75, 3.05) is 0 Å². The molecule has 0 amide bonds. The van der Waals surface area contributed by atoms with E-state index in [1.807, 2.05) is 0 Å². The van der Waals surface area contributed by atoms with Gasteiger partial charge in [-0.25, -0.2) is 0 Å². The summed E-state index contributed by atoms with van der Waals surface area (Å²) in [4.78, 5) is 0. The van der Waals surface area contributed by atoms with Gasteiger partial charge in [0.25, 0.3) is 0 Å². The minimum atomic E-state index is 0. The van der Waals surface area contributed by atoms with E-state index in [-0.39, 0.29) is 67.9 Å². The van der Waals surface area contributed by atoms with Crippen LogP contribution in [0.25, 0.3) is 0 Å². The van der Waals surface area contributed by atoms with Gasteiger partial charge in [0.15, 0.2) is 0 Å². The number of hydrogen-bond donors (Lipinski definition) is 0. The summed E-state index contributed by atoms with van der Waals surface area (Å²) in [6.45, 7) is 0. The van der Waals surface area contributed by atoms with Crippen LogP contribution >= 0.6 is 0 Å². The molecule has 0 unspecified atom stereocenters. The van der Waals surface area contributed by atoms with E-state index >= 15 is 0 Å². The quantitative estimate of drug-likeness (QED) is 0.525. The van der Waals surface area contributed by atoms with Crippen LogP contribution in [0.1, 0.15) is 0 Å². The molecule has 0 saturated heterocycles. The van der Waals surface area contributed by atoms with Crippen LogP contribution < -0.4 is 0 Å². The summed E-state index contributed by atoms with van der Waals surface area (Å²) < 4.78 is 8.36. The van der Waals surface area contributed by atoms with Gasteiger partial charge in [0, 0.05) is 0 Å². The van der Waals surface area contributed by atoms with Crippen LogP contribution in [0.15, 0.2) is 0 Å². The Morgan fingerprint density at radius 1 is 1.25 bits per heavy atom. The van der Waals surface area contributed by atoms with Gasteiger partial charge in [-0.05, 0) is 0 Å². The Balaban J connectivity index is -0.00000000500. The first-order valence-corrected chi connectivity index (χ1v) is 1.60. The fourth-order valence-electron chi connectivity index (χ4n) is 0. The first-order chi connectivity index (χ1) is 1.00. The number of rotatable bonds is 0. The molecule has 0 aliphatic carbocycles. The Kier molecular flexibility index (Phi) is 86.8. The van der Waals surface area contributed by atoms with Crippen molar-refractivity contribution in [1.29, 1.82) is 0 Å². The second-order valence-electron chi connectivity index (χ2n) is 0. The van der Waals surface area contributed by atoms with Crippen molar-refractivity contribution in [2.45, 2.75) is 0 Å². The Bertz CT molecular complexity index is 6.00. The van der Waals surface area contributed by atoms with Crippen LogP contribution in [0.2, 0.25) is 0 Å². The van der Waals surface area contributed by atoms with Gasteiger partial charge in [-0.1, -0.05) is 0 Å². The van der Waals surface area contributed by atoms with E-state index in [2.05, 4.69) is 0 Å². The molecule has 0 N–H and O–H groups in total. The maximum absolute atomic E-state index is 8.36. The molecule has 0 aromatic heterocycles. The summed E-state index contributed by atoms with van der Waals surface area (Å²) >= 11 is 0.194. The SMILES string of the molecule is [Ca+2].[O-2].[O]=[Bi+]. The normalized spacial score (nSPS) is 1.00. The first kappa shape index (κ1) is 16.8. The van der Waals surface area contributed by atoms with E-state index in [9.17, 15) is 0 Å². The van der Waals surface area contributed by atoms with E-state index in [4.69, 9.17) is 2.81 Å². The molecule has 0 spiro atoms. The molecule has 2 nitrogen and oxygen atoms in total. The van der Waals surface area contributed by atoms with Crippen LogP contribution in [0, 0.1) is 0 Å². The zero-order valence-corrected chi connectivity index (χ0v) is 7.66. The van der Waals surface area contributed by atoms with E-state index in [1.165, 1.54) is 0 Å². The second kappa shape index (κ2) is 20.6. The van der Waals surface area contributed by atoms with Crippen molar-refractivity contribution in [1.82, 2.24) is 0 Å². The van der Waals surface area contributed by atoms with E-state index < -0.39 is 0 Å². The molecule has 18 valence electrons. The van der Waals surface area contributed by atoms with Gasteiger partial charge in [-0.2, -0.15) is 0 Å². The third-order valence-corrected chi connectivity index (χ3v) is 0. The van der Waals surface area contributed by atoms with E-state index in [0.29, 0.717) is 0 Å². The van der Waals surface area contributed by atoms with Crippen LogP contribution in [0.3, 0.4) is 0 Å². The molecular formula is BiCaO2+. The summed E-state index contributed by atoms with van der Waals surface area (Å²) in [6.07, 6.45) is 0. The second-order valence-corrected chi connectivity index (χ2v) is 0. The van der Waals surface area contributed by atoms with Crippen molar-refractivity contribution in [3.05, 3.63) is 0 Å². The van der Waals surface area contributed by atoms with Gasteiger partial charge in [0.05, 0.1) is 0 Å². The van der Waals surface area contributed by atoms with Crippen LogP contribution in [-0.4, -0.2) is 62.5 Å². The van der Waals surface area contributed by atoms with E-state index in [0.717, 1.165) is 0 Å². The van der Waals surface area contributed by atoms with Crippen molar-refractivity contribution in [3.63, 3.8) is 0 Å². The average Bonchev–Trinajstić information content (AvgIpc) is 1.00. The fraction of sp³-hybridized carbons (Fsp3) is 0. The first-order valence-electron chi connectivity index (χ1n) is 0.183. The molecular weight excluding hydrogens is 281 g/mol. The summed E-state index contributed by atoms with van der Waals surface area (Å²) in [6, 6.07) is 0. The van der Waals surface area contributed by atoms with Gasteiger partial charge in [-0.3, -0.25) is 0 Å². The summed E-state index contributed by atoms with van der Waals surface area (Å²) in [5.74, 6) is 0. The van der Waals surface area contributed by atoms with Crippen molar-refractivity contribution < 1.29 is 8.29 Å². The standard InChI is InChI=1S/Bi.Ca.2O/q+1;+2;;-2. The van der Waals surface area contributed by atoms with Gasteiger partial charge >= 0.3 is 65.3 Å². The molecule has 0 bridgehead atoms. The summed E-state index contributed by atoms with van der Waals surface area (Å²) in [5, 5.41) is 0. The molecule has 0 aromatic rings. The summed E-state index contributed by atoms with van der Waals surface area (Å²) in [5.41, 5.74) is 0. The molecule has 0 atom stereocenters. The monoisotopic (exact) mass is 281 g/mol. The van der Waals surface area contributed by atoms with Crippen LogP contribution in [-0.2, 0) is 8.29 Å². The third-order valence-electron chi connectivity index (χ3n) is 0. The molecule has 0 aliphatic heterocycles. The number of hydrogen-bond acceptors (Lipinski definition) is 1. The topological polar surface area (TPSA) is 45.6 Å². The molecule has 4 heteroatoms. The third kappa shape index (κ3) is 9.08. The van der Waals surface area contributed by atoms with E-state index in [1.54, 1.807) is 0 Å². The molecule has 0 rings (SSSR count).